The number of rotatable bonds is 7. The van der Waals surface area contributed by atoms with Crippen LogP contribution in [0.2, 0.25) is 0 Å². The molecule has 0 aliphatic rings. The fourth-order valence-electron chi connectivity index (χ4n) is 2.34. The summed E-state index contributed by atoms with van der Waals surface area (Å²) in [7, 11) is 0. The fraction of sp³-hybridized carbons (Fsp3) is 0.353. The van der Waals surface area contributed by atoms with Gasteiger partial charge < -0.3 is 10.6 Å². The minimum atomic E-state index is -0.189. The number of nitrogens with zero attached hydrogens (tertiary/aromatic N) is 4. The van der Waals surface area contributed by atoms with E-state index < -0.39 is 0 Å². The van der Waals surface area contributed by atoms with Crippen molar-refractivity contribution in [2.75, 3.05) is 17.2 Å². The van der Waals surface area contributed by atoms with Gasteiger partial charge in [-0.25, -0.2) is 9.97 Å². The van der Waals surface area contributed by atoms with Crippen molar-refractivity contribution in [1.29, 1.82) is 0 Å². The molecule has 0 saturated carbocycles. The summed E-state index contributed by atoms with van der Waals surface area (Å²) in [5.41, 5.74) is 1.62. The average Bonchev–Trinajstić information content (AvgIpc) is 3.01. The Morgan fingerprint density at radius 3 is 2.92 bits per heavy atom. The second kappa shape index (κ2) is 8.05. The molecule has 26 heavy (non-hydrogen) atoms. The summed E-state index contributed by atoms with van der Waals surface area (Å²) >= 11 is 1.29. The van der Waals surface area contributed by atoms with Crippen molar-refractivity contribution in [3.63, 3.8) is 0 Å². The van der Waals surface area contributed by atoms with Gasteiger partial charge in [0, 0.05) is 30.9 Å². The number of aryl methyl sites for hydroxylation is 2. The molecule has 0 unspecified atom stereocenters. The Balaban J connectivity index is 1.57. The third-order valence-corrected chi connectivity index (χ3v) is 4.48. The van der Waals surface area contributed by atoms with Crippen LogP contribution in [-0.4, -0.2) is 32.0 Å². The van der Waals surface area contributed by atoms with Gasteiger partial charge in [0.1, 0.15) is 5.82 Å². The Bertz CT molecular complexity index is 964. The van der Waals surface area contributed by atoms with E-state index in [0.717, 1.165) is 24.1 Å². The first-order valence-corrected chi connectivity index (χ1v) is 9.23. The number of pyridine rings is 1. The van der Waals surface area contributed by atoms with Crippen LogP contribution in [0, 0.1) is 6.92 Å². The molecular formula is C17H20N6O2S. The van der Waals surface area contributed by atoms with Crippen LogP contribution in [0.1, 0.15) is 31.0 Å². The maximum Gasteiger partial charge on any atom is 0.275 e. The molecule has 0 saturated heterocycles. The van der Waals surface area contributed by atoms with Crippen LogP contribution in [0.25, 0.3) is 4.96 Å². The molecule has 2 N–H and O–H groups in total. The van der Waals surface area contributed by atoms with Crippen LogP contribution in [0.3, 0.4) is 0 Å². The van der Waals surface area contributed by atoms with Gasteiger partial charge >= 0.3 is 0 Å². The van der Waals surface area contributed by atoms with Crippen molar-refractivity contribution in [2.45, 2.75) is 33.1 Å². The number of carbonyl (C=O) groups is 1. The van der Waals surface area contributed by atoms with Gasteiger partial charge in [0.2, 0.25) is 16.0 Å². The van der Waals surface area contributed by atoms with Gasteiger partial charge in [0.15, 0.2) is 0 Å². The Morgan fingerprint density at radius 2 is 2.19 bits per heavy atom. The number of anilines is 2. The fourth-order valence-corrected chi connectivity index (χ4v) is 3.19. The first-order valence-electron chi connectivity index (χ1n) is 8.41. The van der Waals surface area contributed by atoms with Gasteiger partial charge in [-0.1, -0.05) is 30.7 Å². The van der Waals surface area contributed by atoms with Gasteiger partial charge in [0.25, 0.3) is 5.56 Å². The van der Waals surface area contributed by atoms with E-state index in [2.05, 4.69) is 25.7 Å². The summed E-state index contributed by atoms with van der Waals surface area (Å²) in [6.07, 6.45) is 3.65. The molecule has 136 valence electrons. The van der Waals surface area contributed by atoms with E-state index in [-0.39, 0.29) is 17.9 Å². The zero-order chi connectivity index (χ0) is 18.5. The number of hydrogen-bond donors (Lipinski definition) is 2. The largest absolute Gasteiger partial charge is 0.360 e. The molecule has 0 radical (unpaired) electrons. The van der Waals surface area contributed by atoms with Crippen molar-refractivity contribution in [1.82, 2.24) is 19.6 Å². The van der Waals surface area contributed by atoms with Crippen LogP contribution in [0.4, 0.5) is 10.9 Å². The third-order valence-electron chi connectivity index (χ3n) is 3.61. The molecule has 3 aromatic rings. The standard InChI is InChI=1S/C17H20N6O2S/c1-3-4-12-9-15(25)23-17(20-12)26-16(22-23)18-8-7-14(24)21-13-6-5-11(2)10-19-13/h5-6,9-10H,3-4,7-8H2,1-2H3,(H,18,22)(H,19,21,24). The molecule has 3 aromatic heterocycles. The summed E-state index contributed by atoms with van der Waals surface area (Å²) in [6, 6.07) is 5.17. The highest BCUT2D eigenvalue weighted by atomic mass is 32.1. The average molecular weight is 372 g/mol. The summed E-state index contributed by atoms with van der Waals surface area (Å²) in [5.74, 6) is 0.385. The summed E-state index contributed by atoms with van der Waals surface area (Å²) in [5, 5.41) is 10.6. The van der Waals surface area contributed by atoms with Crippen LogP contribution in [-0.2, 0) is 11.2 Å². The van der Waals surface area contributed by atoms with Crippen LogP contribution in [0.15, 0.2) is 29.2 Å². The zero-order valence-corrected chi connectivity index (χ0v) is 15.5. The molecule has 0 spiro atoms. The molecule has 9 heteroatoms. The number of aromatic nitrogens is 4. The lowest BCUT2D eigenvalue weighted by molar-refractivity contribution is -0.116. The zero-order valence-electron chi connectivity index (χ0n) is 14.7. The molecule has 0 fully saturated rings. The van der Waals surface area contributed by atoms with E-state index >= 15 is 0 Å². The Kier molecular flexibility index (Phi) is 5.57. The molecule has 0 aliphatic carbocycles. The maximum atomic E-state index is 12.1. The first kappa shape index (κ1) is 18.0. The minimum absolute atomic E-state index is 0.143. The summed E-state index contributed by atoms with van der Waals surface area (Å²) < 4.78 is 1.28. The quantitative estimate of drug-likeness (QED) is 0.660. The van der Waals surface area contributed by atoms with Crippen molar-refractivity contribution in [3.8, 4) is 0 Å². The molecule has 0 aromatic carbocycles. The van der Waals surface area contributed by atoms with Crippen LogP contribution < -0.4 is 16.2 Å². The number of carbonyl (C=O) groups excluding carboxylic acids is 1. The summed E-state index contributed by atoms with van der Waals surface area (Å²) in [6.45, 7) is 4.38. The van der Waals surface area contributed by atoms with Crippen LogP contribution in [0.5, 0.6) is 0 Å². The minimum Gasteiger partial charge on any atom is -0.360 e. The van der Waals surface area contributed by atoms with E-state index in [4.69, 9.17) is 0 Å². The van der Waals surface area contributed by atoms with Gasteiger partial charge in [-0.05, 0) is 25.0 Å². The molecule has 0 bridgehead atoms. The van der Waals surface area contributed by atoms with Gasteiger partial charge in [-0.15, -0.1) is 5.10 Å². The number of fused-ring (bicyclic) bond motifs is 1. The Labute approximate surface area is 154 Å². The number of hydrogen-bond acceptors (Lipinski definition) is 7. The van der Waals surface area contributed by atoms with Crippen molar-refractivity contribution >= 4 is 33.2 Å². The lowest BCUT2D eigenvalue weighted by Gasteiger charge is -2.05. The van der Waals surface area contributed by atoms with Crippen molar-refractivity contribution in [2.24, 2.45) is 0 Å². The van der Waals surface area contributed by atoms with Gasteiger partial charge in [-0.3, -0.25) is 9.59 Å². The molecular weight excluding hydrogens is 352 g/mol. The van der Waals surface area contributed by atoms with Crippen molar-refractivity contribution in [3.05, 3.63) is 46.0 Å². The molecule has 3 heterocycles. The third kappa shape index (κ3) is 4.42. The predicted octanol–water partition coefficient (Wildman–Crippen LogP) is 2.25. The smallest absolute Gasteiger partial charge is 0.275 e. The molecule has 8 nitrogen and oxygen atoms in total. The van der Waals surface area contributed by atoms with E-state index in [0.29, 0.717) is 22.5 Å². The van der Waals surface area contributed by atoms with E-state index in [1.807, 2.05) is 19.9 Å². The highest BCUT2D eigenvalue weighted by molar-refractivity contribution is 7.20. The second-order valence-corrected chi connectivity index (χ2v) is 6.84. The summed E-state index contributed by atoms with van der Waals surface area (Å²) in [4.78, 5) is 33.2. The Hall–Kier alpha value is -2.81. The second-order valence-electron chi connectivity index (χ2n) is 5.88. The molecule has 3 rings (SSSR count). The molecule has 0 atom stereocenters. The van der Waals surface area contributed by atoms with Crippen molar-refractivity contribution < 1.29 is 4.79 Å². The highest BCUT2D eigenvalue weighted by Gasteiger charge is 2.09. The lowest BCUT2D eigenvalue weighted by atomic mass is 10.2. The van der Waals surface area contributed by atoms with E-state index in [9.17, 15) is 9.59 Å². The van der Waals surface area contributed by atoms with Crippen LogP contribution >= 0.6 is 11.3 Å². The maximum absolute atomic E-state index is 12.1. The molecule has 0 aliphatic heterocycles. The normalized spacial score (nSPS) is 10.8. The Morgan fingerprint density at radius 1 is 1.35 bits per heavy atom. The molecule has 1 amide bonds. The van der Waals surface area contributed by atoms with Gasteiger partial charge in [-0.2, -0.15) is 4.52 Å². The van der Waals surface area contributed by atoms with E-state index in [1.54, 1.807) is 12.3 Å². The number of nitrogens with one attached hydrogen (secondary N) is 2. The van der Waals surface area contributed by atoms with E-state index in [1.165, 1.54) is 21.9 Å². The monoisotopic (exact) mass is 372 g/mol. The lowest BCUT2D eigenvalue weighted by Crippen LogP contribution is -2.17. The predicted molar refractivity (Wildman–Crippen MR) is 102 cm³/mol. The highest BCUT2D eigenvalue weighted by Crippen LogP contribution is 2.16. The SMILES string of the molecule is CCCc1cc(=O)n2nc(NCCC(=O)Nc3ccc(C)cn3)sc2n1. The first-order chi connectivity index (χ1) is 12.5. The topological polar surface area (TPSA) is 101 Å². The van der Waals surface area contributed by atoms with Gasteiger partial charge in [0.05, 0.1) is 0 Å². The number of amides is 1.